The van der Waals surface area contributed by atoms with Crippen LogP contribution in [-0.2, 0) is 16.1 Å². The van der Waals surface area contributed by atoms with Gasteiger partial charge in [-0.05, 0) is 44.7 Å². The van der Waals surface area contributed by atoms with E-state index in [-0.39, 0.29) is 42.5 Å². The molecule has 9 heteroatoms. The van der Waals surface area contributed by atoms with Crippen molar-refractivity contribution in [3.8, 4) is 0 Å². The van der Waals surface area contributed by atoms with Gasteiger partial charge in [0.25, 0.3) is 12.4 Å². The number of carbonyl (C=O) groups is 3. The highest BCUT2D eigenvalue weighted by molar-refractivity contribution is 5.97. The second kappa shape index (κ2) is 9.50. The summed E-state index contributed by atoms with van der Waals surface area (Å²) in [5.41, 5.74) is 0.0610. The number of hydrogen-bond donors (Lipinski definition) is 2. The van der Waals surface area contributed by atoms with Gasteiger partial charge in [-0.3, -0.25) is 14.4 Å². The van der Waals surface area contributed by atoms with Crippen molar-refractivity contribution in [2.24, 2.45) is 5.41 Å². The molecule has 0 saturated carbocycles. The van der Waals surface area contributed by atoms with Crippen molar-refractivity contribution in [2.75, 3.05) is 0 Å². The summed E-state index contributed by atoms with van der Waals surface area (Å²) >= 11 is 0. The number of halogens is 2. The number of carboxylic acid groups (broad SMARTS) is 1. The molecular weight excluding hydrogens is 422 g/mol. The quantitative estimate of drug-likeness (QED) is 0.680. The van der Waals surface area contributed by atoms with Crippen LogP contribution in [0.25, 0.3) is 0 Å². The van der Waals surface area contributed by atoms with Gasteiger partial charge in [0.1, 0.15) is 17.4 Å². The monoisotopic (exact) mass is 448 g/mol. The molecule has 2 fully saturated rings. The van der Waals surface area contributed by atoms with E-state index >= 15 is 0 Å². The maximum Gasteiger partial charge on any atom is 0.290 e. The molecule has 4 rings (SSSR count). The van der Waals surface area contributed by atoms with Crippen LogP contribution in [0.1, 0.15) is 54.3 Å². The smallest absolute Gasteiger partial charge is 0.290 e. The van der Waals surface area contributed by atoms with E-state index in [0.717, 1.165) is 18.9 Å². The molecular formula is C23H26F2N2O5. The van der Waals surface area contributed by atoms with E-state index in [4.69, 9.17) is 14.3 Å². The van der Waals surface area contributed by atoms with Crippen molar-refractivity contribution >= 4 is 18.3 Å². The molecule has 2 N–H and O–H groups in total. The van der Waals surface area contributed by atoms with Crippen LogP contribution in [0.15, 0.2) is 34.9 Å². The fourth-order valence-corrected chi connectivity index (χ4v) is 5.04. The van der Waals surface area contributed by atoms with Gasteiger partial charge in [0.2, 0.25) is 5.91 Å². The first-order valence-electron chi connectivity index (χ1n) is 10.5. The lowest BCUT2D eigenvalue weighted by atomic mass is 9.71. The average Bonchev–Trinajstić information content (AvgIpc) is 3.46. The van der Waals surface area contributed by atoms with Crippen LogP contribution in [0.5, 0.6) is 0 Å². The maximum atomic E-state index is 13.9. The molecule has 172 valence electrons. The predicted octanol–water partition coefficient (Wildman–Crippen LogP) is 3.66. The minimum absolute atomic E-state index is 0.00931. The molecule has 2 aliphatic heterocycles. The number of fused-ring (bicyclic) bond motifs is 2. The summed E-state index contributed by atoms with van der Waals surface area (Å²) in [6, 6.07) is 4.79. The molecule has 2 amide bonds. The molecule has 2 bridgehead atoms. The van der Waals surface area contributed by atoms with Crippen LogP contribution in [0.3, 0.4) is 0 Å². The zero-order chi connectivity index (χ0) is 23.5. The van der Waals surface area contributed by atoms with Crippen LogP contribution in [0.4, 0.5) is 8.78 Å². The number of furan rings is 1. The summed E-state index contributed by atoms with van der Waals surface area (Å²) in [6.45, 7) is 3.44. The molecule has 0 unspecified atom stereocenters. The number of nitrogens with one attached hydrogen (secondary N) is 1. The third-order valence-electron chi connectivity index (χ3n) is 6.60. The van der Waals surface area contributed by atoms with Crippen molar-refractivity contribution in [1.82, 2.24) is 10.2 Å². The van der Waals surface area contributed by atoms with E-state index in [1.54, 1.807) is 13.0 Å². The Morgan fingerprint density at radius 2 is 2.03 bits per heavy atom. The molecule has 3 heterocycles. The number of aryl methyl sites for hydroxylation is 1. The number of carbonyl (C=O) groups excluding carboxylic acids is 2. The molecule has 3 atom stereocenters. The van der Waals surface area contributed by atoms with E-state index in [2.05, 4.69) is 5.32 Å². The number of nitrogens with zero attached hydrogens (tertiary/aromatic N) is 1. The van der Waals surface area contributed by atoms with Gasteiger partial charge >= 0.3 is 0 Å². The Labute approximate surface area is 184 Å². The standard InChI is InChI=1S/C22H24F2N2O3.CH2O2/c1-3-22(21(28)25-12-14-4-5-15(23)10-18(14)24)11-16-6-7-19(22)26(16)20(27)17-8-9-29-13(17)2;2-1-3/h4-5,8-10,16,19H,3,6-7,11-12H2,1-2H3,(H,25,28);1H,(H,2,3)/t16-,19+,22+;/m1./s1. The van der Waals surface area contributed by atoms with E-state index in [1.165, 1.54) is 18.4 Å². The lowest BCUT2D eigenvalue weighted by molar-refractivity contribution is -0.133. The fourth-order valence-electron chi connectivity index (χ4n) is 5.04. The van der Waals surface area contributed by atoms with Crippen molar-refractivity contribution < 1.29 is 32.7 Å². The van der Waals surface area contributed by atoms with E-state index in [0.29, 0.717) is 24.2 Å². The molecule has 2 aromatic rings. The normalized spacial score (nSPS) is 23.4. The van der Waals surface area contributed by atoms with Gasteiger partial charge in [0, 0.05) is 30.3 Å². The van der Waals surface area contributed by atoms with Crippen molar-refractivity contribution in [2.45, 2.75) is 58.2 Å². The first-order chi connectivity index (χ1) is 15.3. The van der Waals surface area contributed by atoms with Crippen LogP contribution in [-0.4, -0.2) is 40.4 Å². The SMILES string of the molecule is CC[C@]1(C(=O)NCc2ccc(F)cc2F)C[C@H]2CC[C@@H]1N2C(=O)c1ccoc1C.O=CO. The second-order valence-electron chi connectivity index (χ2n) is 8.09. The largest absolute Gasteiger partial charge is 0.483 e. The fraction of sp³-hybridized carbons (Fsp3) is 0.435. The highest BCUT2D eigenvalue weighted by atomic mass is 19.1. The van der Waals surface area contributed by atoms with Gasteiger partial charge in [-0.2, -0.15) is 0 Å². The van der Waals surface area contributed by atoms with Crippen LogP contribution in [0, 0.1) is 24.0 Å². The Kier molecular flexibility index (Phi) is 6.96. The third-order valence-corrected chi connectivity index (χ3v) is 6.60. The first-order valence-corrected chi connectivity index (χ1v) is 10.5. The number of benzene rings is 1. The molecule has 0 spiro atoms. The average molecular weight is 448 g/mol. The molecule has 0 aliphatic carbocycles. The van der Waals surface area contributed by atoms with Crippen molar-refractivity contribution in [3.63, 3.8) is 0 Å². The van der Waals surface area contributed by atoms with E-state index in [9.17, 15) is 18.4 Å². The molecule has 1 aromatic heterocycles. The second-order valence-corrected chi connectivity index (χ2v) is 8.09. The summed E-state index contributed by atoms with van der Waals surface area (Å²) in [5.74, 6) is -1.05. The number of amides is 2. The Morgan fingerprint density at radius 1 is 1.31 bits per heavy atom. The molecule has 0 radical (unpaired) electrons. The van der Waals surface area contributed by atoms with Crippen LogP contribution in [0.2, 0.25) is 0 Å². The molecule has 1 aromatic carbocycles. The lowest BCUT2D eigenvalue weighted by Gasteiger charge is -2.35. The van der Waals surface area contributed by atoms with Gasteiger partial charge < -0.3 is 19.7 Å². The van der Waals surface area contributed by atoms with Crippen molar-refractivity contribution in [1.29, 1.82) is 0 Å². The molecule has 32 heavy (non-hydrogen) atoms. The van der Waals surface area contributed by atoms with Gasteiger partial charge in [-0.1, -0.05) is 13.0 Å². The topological polar surface area (TPSA) is 99.9 Å². The Hall–Kier alpha value is -3.23. The summed E-state index contributed by atoms with van der Waals surface area (Å²) in [4.78, 5) is 36.5. The highest BCUT2D eigenvalue weighted by Gasteiger charge is 2.60. The Bertz CT molecular complexity index is 1010. The molecule has 2 saturated heterocycles. The minimum Gasteiger partial charge on any atom is -0.483 e. The molecule has 2 aliphatic rings. The highest BCUT2D eigenvalue weighted by Crippen LogP contribution is 2.52. The zero-order valence-corrected chi connectivity index (χ0v) is 17.9. The third kappa shape index (κ3) is 4.11. The van der Waals surface area contributed by atoms with Gasteiger partial charge in [-0.25, -0.2) is 8.78 Å². The maximum absolute atomic E-state index is 13.9. The predicted molar refractivity (Wildman–Crippen MR) is 111 cm³/mol. The van der Waals surface area contributed by atoms with Gasteiger partial charge in [0.05, 0.1) is 17.2 Å². The van der Waals surface area contributed by atoms with Gasteiger partial charge in [-0.15, -0.1) is 0 Å². The summed E-state index contributed by atoms with van der Waals surface area (Å²) < 4.78 is 32.3. The van der Waals surface area contributed by atoms with Crippen LogP contribution < -0.4 is 5.32 Å². The summed E-state index contributed by atoms with van der Waals surface area (Å²) in [7, 11) is 0. The first kappa shape index (κ1) is 23.4. The summed E-state index contributed by atoms with van der Waals surface area (Å²) in [6.07, 6.45) is 4.31. The Balaban J connectivity index is 0.000000913. The van der Waals surface area contributed by atoms with Crippen LogP contribution >= 0.6 is 0 Å². The van der Waals surface area contributed by atoms with E-state index in [1.807, 2.05) is 11.8 Å². The van der Waals surface area contributed by atoms with E-state index < -0.39 is 17.0 Å². The number of hydrogen-bond acceptors (Lipinski definition) is 4. The lowest BCUT2D eigenvalue weighted by Crippen LogP contribution is -2.49. The molecule has 7 nitrogen and oxygen atoms in total. The summed E-state index contributed by atoms with van der Waals surface area (Å²) in [5, 5.41) is 9.71. The van der Waals surface area contributed by atoms with Crippen molar-refractivity contribution in [3.05, 3.63) is 59.1 Å². The van der Waals surface area contributed by atoms with Gasteiger partial charge in [0.15, 0.2) is 0 Å². The number of rotatable bonds is 5. The minimum atomic E-state index is -0.702. The Morgan fingerprint density at radius 3 is 2.62 bits per heavy atom. The zero-order valence-electron chi connectivity index (χ0n) is 17.9.